The van der Waals surface area contributed by atoms with E-state index in [4.69, 9.17) is 17.1 Å². The van der Waals surface area contributed by atoms with Crippen molar-refractivity contribution in [2.45, 2.75) is 0 Å². The topological polar surface area (TPSA) is 112 Å². The predicted molar refractivity (Wildman–Crippen MR) is 105 cm³/mol. The van der Waals surface area contributed by atoms with Crippen molar-refractivity contribution in [1.29, 1.82) is 0 Å². The zero-order valence-corrected chi connectivity index (χ0v) is 17.2. The first kappa shape index (κ1) is 21.9. The number of carbonyl (C=O) groups is 2. The second kappa shape index (κ2) is 10.8. The molecule has 0 aromatic heterocycles. The average Bonchev–Trinajstić information content (AvgIpc) is 2.72. The number of aromatic hydroxyl groups is 2. The number of hydrogen-bond donors (Lipinski definition) is 2. The molecule has 0 saturated heterocycles. The maximum atomic E-state index is 11.7. The molecule has 9 heteroatoms. The molecule has 152 valence electrons. The van der Waals surface area contributed by atoms with Crippen molar-refractivity contribution >= 4 is 39.7 Å². The fourth-order valence-electron chi connectivity index (χ4n) is 2.06. The second-order valence-corrected chi connectivity index (χ2v) is 6.39. The molecule has 0 bridgehead atoms. The number of hydrogen-bond acceptors (Lipinski definition) is 8. The van der Waals surface area contributed by atoms with Crippen molar-refractivity contribution in [3.63, 3.8) is 0 Å². The van der Waals surface area contributed by atoms with Gasteiger partial charge >= 0.3 is 174 Å². The van der Waals surface area contributed by atoms with Crippen LogP contribution in [0.3, 0.4) is 0 Å². The van der Waals surface area contributed by atoms with Crippen LogP contribution < -0.4 is 9.47 Å². The third-order valence-corrected chi connectivity index (χ3v) is 4.44. The van der Waals surface area contributed by atoms with Gasteiger partial charge in [0, 0.05) is 0 Å². The fraction of sp³-hybridized carbons (Fsp3) is 0.100. The molecular formula is C20H18O8Se. The Bertz CT molecular complexity index is 861. The van der Waals surface area contributed by atoms with Crippen LogP contribution in [0.4, 0.5) is 0 Å². The average molecular weight is 465 g/mol. The molecule has 2 N–H and O–H groups in total. The SMILES string of the molecule is COc1cc(/C=C/C(=O)O[Se]OC(=O)/C=C/c2ccc(O)c(OC)c2)ccc1O. The van der Waals surface area contributed by atoms with Crippen LogP contribution >= 0.6 is 0 Å². The van der Waals surface area contributed by atoms with Crippen LogP contribution in [0.5, 0.6) is 23.0 Å². The van der Waals surface area contributed by atoms with Crippen LogP contribution in [0.2, 0.25) is 0 Å². The Morgan fingerprint density at radius 2 is 1.21 bits per heavy atom. The van der Waals surface area contributed by atoms with Crippen molar-refractivity contribution in [2.75, 3.05) is 14.2 Å². The summed E-state index contributed by atoms with van der Waals surface area (Å²) in [6, 6.07) is 9.16. The van der Waals surface area contributed by atoms with Crippen molar-refractivity contribution in [3.05, 3.63) is 59.7 Å². The van der Waals surface area contributed by atoms with Gasteiger partial charge < -0.3 is 0 Å². The Hall–Kier alpha value is -3.42. The van der Waals surface area contributed by atoms with E-state index in [1.807, 2.05) is 0 Å². The third kappa shape index (κ3) is 6.91. The van der Waals surface area contributed by atoms with Gasteiger partial charge in [0.1, 0.15) is 0 Å². The summed E-state index contributed by atoms with van der Waals surface area (Å²) in [4.78, 5) is 23.4. The van der Waals surface area contributed by atoms with Crippen LogP contribution in [0.15, 0.2) is 48.6 Å². The van der Waals surface area contributed by atoms with E-state index in [2.05, 4.69) is 0 Å². The van der Waals surface area contributed by atoms with E-state index in [1.54, 1.807) is 24.3 Å². The molecule has 0 aliphatic heterocycles. The Morgan fingerprint density at radius 1 is 0.793 bits per heavy atom. The van der Waals surface area contributed by atoms with Crippen LogP contribution in [0, 0.1) is 0 Å². The molecule has 2 aromatic carbocycles. The predicted octanol–water partition coefficient (Wildman–Crippen LogP) is 2.46. The van der Waals surface area contributed by atoms with Gasteiger partial charge in [-0.3, -0.25) is 0 Å². The molecule has 0 atom stereocenters. The molecule has 0 spiro atoms. The molecule has 0 aliphatic carbocycles. The Morgan fingerprint density at radius 3 is 1.59 bits per heavy atom. The summed E-state index contributed by atoms with van der Waals surface area (Å²) in [6.45, 7) is 0. The van der Waals surface area contributed by atoms with Crippen molar-refractivity contribution in [1.82, 2.24) is 0 Å². The molecular weight excluding hydrogens is 447 g/mol. The summed E-state index contributed by atoms with van der Waals surface area (Å²) in [5.74, 6) is -0.842. The number of rotatable bonds is 8. The summed E-state index contributed by atoms with van der Waals surface area (Å²) < 4.78 is 19.6. The minimum absolute atomic E-state index is 0.0127. The van der Waals surface area contributed by atoms with Gasteiger partial charge in [-0.15, -0.1) is 0 Å². The molecule has 0 heterocycles. The Balaban J connectivity index is 1.80. The zero-order valence-electron chi connectivity index (χ0n) is 15.5. The van der Waals surface area contributed by atoms with Crippen LogP contribution in [0.25, 0.3) is 12.2 Å². The zero-order chi connectivity index (χ0) is 21.2. The van der Waals surface area contributed by atoms with Gasteiger partial charge in [0.15, 0.2) is 0 Å². The molecule has 2 rings (SSSR count). The number of phenols is 2. The first-order chi connectivity index (χ1) is 13.9. The summed E-state index contributed by atoms with van der Waals surface area (Å²) >= 11 is -1.14. The number of ether oxygens (including phenoxy) is 2. The number of methoxy groups -OCH3 is 2. The monoisotopic (exact) mass is 466 g/mol. The maximum absolute atomic E-state index is 11.7. The van der Waals surface area contributed by atoms with E-state index >= 15 is 0 Å². The van der Waals surface area contributed by atoms with E-state index < -0.39 is 27.6 Å². The van der Waals surface area contributed by atoms with E-state index in [0.29, 0.717) is 11.1 Å². The van der Waals surface area contributed by atoms with Gasteiger partial charge in [-0.1, -0.05) is 0 Å². The van der Waals surface area contributed by atoms with Crippen molar-refractivity contribution in [2.24, 2.45) is 0 Å². The van der Waals surface area contributed by atoms with Gasteiger partial charge in [-0.05, 0) is 0 Å². The van der Waals surface area contributed by atoms with Crippen LogP contribution in [0.1, 0.15) is 11.1 Å². The third-order valence-electron chi connectivity index (χ3n) is 3.46. The normalized spacial score (nSPS) is 10.8. The number of benzene rings is 2. The Labute approximate surface area is 173 Å². The van der Waals surface area contributed by atoms with E-state index in [1.165, 1.54) is 50.7 Å². The van der Waals surface area contributed by atoms with Gasteiger partial charge in [0.25, 0.3) is 0 Å². The molecule has 0 amide bonds. The molecule has 0 aliphatic rings. The number of phenolic OH excluding ortho intramolecular Hbond substituents is 2. The quantitative estimate of drug-likeness (QED) is 0.452. The van der Waals surface area contributed by atoms with Crippen molar-refractivity contribution in [3.8, 4) is 23.0 Å². The molecule has 2 aromatic rings. The van der Waals surface area contributed by atoms with E-state index in [9.17, 15) is 19.8 Å². The summed E-state index contributed by atoms with van der Waals surface area (Å²) in [7, 11) is 2.83. The summed E-state index contributed by atoms with van der Waals surface area (Å²) in [6.07, 6.45) is 5.28. The van der Waals surface area contributed by atoms with E-state index in [0.717, 1.165) is 0 Å². The summed E-state index contributed by atoms with van der Waals surface area (Å²) in [5.41, 5.74) is 1.24. The first-order valence-electron chi connectivity index (χ1n) is 8.12. The fourth-order valence-corrected chi connectivity index (χ4v) is 2.65. The van der Waals surface area contributed by atoms with Gasteiger partial charge in [-0.25, -0.2) is 0 Å². The van der Waals surface area contributed by atoms with Crippen LogP contribution in [-0.4, -0.2) is 52.0 Å². The van der Waals surface area contributed by atoms with Gasteiger partial charge in [-0.2, -0.15) is 0 Å². The van der Waals surface area contributed by atoms with Crippen LogP contribution in [-0.2, 0) is 17.2 Å². The Kier molecular flexibility index (Phi) is 8.14. The molecule has 0 fully saturated rings. The molecule has 29 heavy (non-hydrogen) atoms. The van der Waals surface area contributed by atoms with Crippen molar-refractivity contribution < 1.29 is 36.9 Å². The first-order valence-corrected chi connectivity index (χ1v) is 9.52. The number of carbonyl (C=O) groups excluding carboxylic acids is 2. The molecule has 8 nitrogen and oxygen atoms in total. The molecule has 0 radical (unpaired) electrons. The second-order valence-electron chi connectivity index (χ2n) is 5.40. The van der Waals surface area contributed by atoms with Gasteiger partial charge in [0.2, 0.25) is 0 Å². The van der Waals surface area contributed by atoms with E-state index in [-0.39, 0.29) is 23.0 Å². The molecule has 0 saturated carbocycles. The molecule has 0 unspecified atom stereocenters. The standard InChI is InChI=1S/C20H18O8Se/c1-25-17-11-13(3-7-15(17)21)5-9-19(23)27-29-28-20(24)10-6-14-4-8-16(22)18(12-14)26-2/h3-12,21-22H,1-2H3/b9-5+,10-6+. The van der Waals surface area contributed by atoms with Gasteiger partial charge in [0.05, 0.1) is 0 Å². The minimum atomic E-state index is -1.14. The summed E-state index contributed by atoms with van der Waals surface area (Å²) in [5, 5.41) is 19.1.